The molecule has 70 valence electrons. The number of ether oxygens (including phenoxy) is 1. The maximum atomic E-state index is 9.86. The third-order valence-corrected chi connectivity index (χ3v) is 3.23. The number of rotatable bonds is 2. The quantitative estimate of drug-likeness (QED) is 0.640. The Morgan fingerprint density at radius 2 is 1.83 bits per heavy atom. The fourth-order valence-corrected chi connectivity index (χ4v) is 2.30. The summed E-state index contributed by atoms with van der Waals surface area (Å²) >= 11 is 0. The van der Waals surface area contributed by atoms with Gasteiger partial charge in [-0.15, -0.1) is 0 Å². The predicted octanol–water partition coefficient (Wildman–Crippen LogP) is 1.71. The largest absolute Gasteiger partial charge is 0.390 e. The lowest BCUT2D eigenvalue weighted by atomic mass is 9.84. The zero-order valence-corrected chi connectivity index (χ0v) is 7.70. The summed E-state index contributed by atoms with van der Waals surface area (Å²) in [5, 5.41) is 9.86. The number of epoxide rings is 1. The molecule has 0 amide bonds. The molecule has 2 aliphatic rings. The van der Waals surface area contributed by atoms with Gasteiger partial charge in [-0.25, -0.2) is 0 Å². The van der Waals surface area contributed by atoms with Crippen molar-refractivity contribution in [2.45, 2.75) is 57.3 Å². The molecule has 3 atom stereocenters. The topological polar surface area (TPSA) is 32.8 Å². The molecule has 0 aromatic carbocycles. The van der Waals surface area contributed by atoms with Crippen LogP contribution in [0.3, 0.4) is 0 Å². The molecular formula is C10H18O2. The molecule has 0 aromatic heterocycles. The van der Waals surface area contributed by atoms with Crippen LogP contribution in [0, 0.1) is 5.92 Å². The first kappa shape index (κ1) is 8.52. The van der Waals surface area contributed by atoms with Gasteiger partial charge in [-0.3, -0.25) is 0 Å². The van der Waals surface area contributed by atoms with Crippen molar-refractivity contribution in [3.05, 3.63) is 0 Å². The fourth-order valence-electron chi connectivity index (χ4n) is 2.30. The maximum Gasteiger partial charge on any atom is 0.110 e. The van der Waals surface area contributed by atoms with Crippen LogP contribution in [0.4, 0.5) is 0 Å². The van der Waals surface area contributed by atoms with Gasteiger partial charge in [0.15, 0.2) is 0 Å². The summed E-state index contributed by atoms with van der Waals surface area (Å²) in [5.74, 6) is 0.522. The van der Waals surface area contributed by atoms with Gasteiger partial charge in [0, 0.05) is 0 Å². The van der Waals surface area contributed by atoms with E-state index >= 15 is 0 Å². The molecule has 0 aromatic rings. The number of aliphatic hydroxyl groups excluding tert-OH is 1. The highest BCUT2D eigenvalue weighted by molar-refractivity contribution is 4.91. The lowest BCUT2D eigenvalue weighted by Crippen LogP contribution is -2.28. The molecular weight excluding hydrogens is 152 g/mol. The van der Waals surface area contributed by atoms with Crippen molar-refractivity contribution in [2.75, 3.05) is 0 Å². The molecule has 1 aliphatic carbocycles. The van der Waals surface area contributed by atoms with Crippen molar-refractivity contribution in [1.29, 1.82) is 0 Å². The summed E-state index contributed by atoms with van der Waals surface area (Å²) in [6.45, 7) is 2.04. The Morgan fingerprint density at radius 1 is 1.25 bits per heavy atom. The zero-order valence-electron chi connectivity index (χ0n) is 7.70. The number of hydrogen-bond donors (Lipinski definition) is 1. The van der Waals surface area contributed by atoms with E-state index in [2.05, 4.69) is 0 Å². The van der Waals surface area contributed by atoms with E-state index in [9.17, 15) is 5.11 Å². The molecule has 2 heteroatoms. The summed E-state index contributed by atoms with van der Waals surface area (Å²) < 4.78 is 5.28. The molecule has 1 saturated carbocycles. The predicted molar refractivity (Wildman–Crippen MR) is 46.9 cm³/mol. The lowest BCUT2D eigenvalue weighted by Gasteiger charge is -2.25. The van der Waals surface area contributed by atoms with E-state index in [1.54, 1.807) is 0 Å². The second kappa shape index (κ2) is 3.35. The Kier molecular flexibility index (Phi) is 2.37. The molecule has 12 heavy (non-hydrogen) atoms. The minimum absolute atomic E-state index is 0.160. The summed E-state index contributed by atoms with van der Waals surface area (Å²) in [5.41, 5.74) is 0. The van der Waals surface area contributed by atoms with Crippen molar-refractivity contribution in [1.82, 2.24) is 0 Å². The van der Waals surface area contributed by atoms with E-state index in [4.69, 9.17) is 4.74 Å². The molecule has 0 radical (unpaired) electrons. The molecule has 2 fully saturated rings. The van der Waals surface area contributed by atoms with Crippen LogP contribution in [-0.2, 0) is 4.74 Å². The van der Waals surface area contributed by atoms with Gasteiger partial charge >= 0.3 is 0 Å². The smallest absolute Gasteiger partial charge is 0.110 e. The van der Waals surface area contributed by atoms with E-state index in [1.165, 1.54) is 32.1 Å². The van der Waals surface area contributed by atoms with Crippen LogP contribution in [0.15, 0.2) is 0 Å². The second-order valence-electron chi connectivity index (χ2n) is 4.19. The Morgan fingerprint density at radius 3 is 2.33 bits per heavy atom. The molecule has 0 spiro atoms. The summed E-state index contributed by atoms with van der Waals surface area (Å²) in [6.07, 6.45) is 6.63. The standard InChI is InChI=1S/C10H18O2/c1-7-10(12-7)9(11)8-5-3-2-4-6-8/h7-11H,2-6H2,1H3/t7?,9-,10+/m0/s1. The molecule has 0 bridgehead atoms. The Labute approximate surface area is 73.9 Å². The molecule has 2 nitrogen and oxygen atoms in total. The highest BCUT2D eigenvalue weighted by Crippen LogP contribution is 2.35. The van der Waals surface area contributed by atoms with Crippen LogP contribution in [-0.4, -0.2) is 23.4 Å². The first-order valence-electron chi connectivity index (χ1n) is 5.12. The zero-order chi connectivity index (χ0) is 8.55. The minimum atomic E-state index is -0.180. The Hall–Kier alpha value is -0.0800. The van der Waals surface area contributed by atoms with Gasteiger partial charge in [0.25, 0.3) is 0 Å². The first-order valence-corrected chi connectivity index (χ1v) is 5.12. The summed E-state index contributed by atoms with van der Waals surface area (Å²) in [6, 6.07) is 0. The highest BCUT2D eigenvalue weighted by Gasteiger charge is 2.43. The normalized spacial score (nSPS) is 39.5. The van der Waals surface area contributed by atoms with Crippen molar-refractivity contribution in [3.8, 4) is 0 Å². The van der Waals surface area contributed by atoms with Gasteiger partial charge in [-0.2, -0.15) is 0 Å². The van der Waals surface area contributed by atoms with Gasteiger partial charge in [-0.05, 0) is 25.7 Å². The number of hydrogen-bond acceptors (Lipinski definition) is 2. The average molecular weight is 170 g/mol. The lowest BCUT2D eigenvalue weighted by molar-refractivity contribution is 0.0585. The second-order valence-corrected chi connectivity index (χ2v) is 4.19. The van der Waals surface area contributed by atoms with E-state index in [0.717, 1.165) is 0 Å². The third kappa shape index (κ3) is 1.64. The molecule has 1 unspecified atom stereocenters. The molecule has 1 saturated heterocycles. The average Bonchev–Trinajstić information content (AvgIpc) is 2.83. The summed E-state index contributed by atoms with van der Waals surface area (Å²) in [7, 11) is 0. The SMILES string of the molecule is CC1O[C@H]1[C@@H](O)C1CCCCC1. The van der Waals surface area contributed by atoms with Gasteiger partial charge in [0.2, 0.25) is 0 Å². The van der Waals surface area contributed by atoms with Crippen molar-refractivity contribution < 1.29 is 9.84 Å². The molecule has 1 N–H and O–H groups in total. The van der Waals surface area contributed by atoms with Gasteiger partial charge in [-0.1, -0.05) is 19.3 Å². The van der Waals surface area contributed by atoms with Crippen LogP contribution >= 0.6 is 0 Å². The van der Waals surface area contributed by atoms with E-state index in [-0.39, 0.29) is 12.2 Å². The highest BCUT2D eigenvalue weighted by atomic mass is 16.6. The Balaban J connectivity index is 1.82. The van der Waals surface area contributed by atoms with E-state index in [1.807, 2.05) is 6.92 Å². The van der Waals surface area contributed by atoms with Crippen LogP contribution in [0.2, 0.25) is 0 Å². The first-order chi connectivity index (χ1) is 5.79. The molecule has 1 heterocycles. The van der Waals surface area contributed by atoms with Crippen molar-refractivity contribution in [3.63, 3.8) is 0 Å². The number of aliphatic hydroxyl groups is 1. The molecule has 1 aliphatic heterocycles. The fraction of sp³-hybridized carbons (Fsp3) is 1.00. The van der Waals surface area contributed by atoms with Crippen LogP contribution in [0.25, 0.3) is 0 Å². The van der Waals surface area contributed by atoms with Crippen LogP contribution in [0.1, 0.15) is 39.0 Å². The minimum Gasteiger partial charge on any atom is -0.390 e. The van der Waals surface area contributed by atoms with E-state index in [0.29, 0.717) is 12.0 Å². The van der Waals surface area contributed by atoms with Crippen molar-refractivity contribution >= 4 is 0 Å². The van der Waals surface area contributed by atoms with Gasteiger partial charge in [0.05, 0.1) is 12.2 Å². The van der Waals surface area contributed by atoms with Crippen LogP contribution < -0.4 is 0 Å². The molecule has 2 rings (SSSR count). The maximum absolute atomic E-state index is 9.86. The van der Waals surface area contributed by atoms with Crippen LogP contribution in [0.5, 0.6) is 0 Å². The van der Waals surface area contributed by atoms with Gasteiger partial charge in [0.1, 0.15) is 6.10 Å². The monoisotopic (exact) mass is 170 g/mol. The summed E-state index contributed by atoms with van der Waals surface area (Å²) in [4.78, 5) is 0. The van der Waals surface area contributed by atoms with Crippen molar-refractivity contribution in [2.24, 2.45) is 5.92 Å². The third-order valence-electron chi connectivity index (χ3n) is 3.23. The van der Waals surface area contributed by atoms with E-state index < -0.39 is 0 Å². The Bertz CT molecular complexity index is 152. The van der Waals surface area contributed by atoms with Gasteiger partial charge < -0.3 is 9.84 Å².